The number of carbonyl (C=O) groups is 1. The molecule has 0 bridgehead atoms. The predicted molar refractivity (Wildman–Crippen MR) is 87.7 cm³/mol. The Bertz CT molecular complexity index is 480. The molecule has 0 radical (unpaired) electrons. The third-order valence-corrected chi connectivity index (χ3v) is 3.90. The molecule has 0 atom stereocenters. The lowest BCUT2D eigenvalue weighted by atomic mass is 10.2. The topological polar surface area (TPSA) is 41.6 Å². The van der Waals surface area contributed by atoms with E-state index in [0.29, 0.717) is 17.3 Å². The quantitative estimate of drug-likeness (QED) is 0.872. The van der Waals surface area contributed by atoms with Gasteiger partial charge in [-0.15, -0.1) is 0 Å². The number of nitrogens with one attached hydrogen (secondary N) is 1. The first-order chi connectivity index (χ1) is 10.2. The number of likely N-dealkylation sites (tertiary alicyclic amines) is 1. The van der Waals surface area contributed by atoms with Crippen LogP contribution in [-0.2, 0) is 0 Å². The van der Waals surface area contributed by atoms with Gasteiger partial charge in [0.2, 0.25) is 0 Å². The standard InChI is InChI=1S/C16H22N2O2S/c1-2-20-14-9-7-13(8-10-14)15(19)17-16(21)18-11-5-3-4-6-12-18/h7-10H,2-6,11-12H2,1H3,(H,17,19,21). The van der Waals surface area contributed by atoms with Crippen molar-refractivity contribution in [3.8, 4) is 5.75 Å². The Hall–Kier alpha value is -1.62. The molecular formula is C16H22N2O2S. The Labute approximate surface area is 131 Å². The Morgan fingerprint density at radius 2 is 1.81 bits per heavy atom. The van der Waals surface area contributed by atoms with Gasteiger partial charge in [-0.05, 0) is 56.2 Å². The molecule has 0 aromatic heterocycles. The van der Waals surface area contributed by atoms with Crippen molar-refractivity contribution >= 4 is 23.2 Å². The molecule has 0 aliphatic carbocycles. The number of thiocarbonyl (C=S) groups is 1. The molecule has 1 amide bonds. The van der Waals surface area contributed by atoms with Gasteiger partial charge in [0.1, 0.15) is 5.75 Å². The summed E-state index contributed by atoms with van der Waals surface area (Å²) in [5.74, 6) is 0.608. The fraction of sp³-hybridized carbons (Fsp3) is 0.500. The Morgan fingerprint density at radius 1 is 1.19 bits per heavy atom. The highest BCUT2D eigenvalue weighted by molar-refractivity contribution is 7.80. The SMILES string of the molecule is CCOc1ccc(C(=O)NC(=S)N2CCCCCC2)cc1. The van der Waals surface area contributed by atoms with Gasteiger partial charge in [0.05, 0.1) is 6.61 Å². The van der Waals surface area contributed by atoms with Gasteiger partial charge in [-0.3, -0.25) is 10.1 Å². The molecular weight excluding hydrogens is 284 g/mol. The highest BCUT2D eigenvalue weighted by Crippen LogP contribution is 2.13. The minimum atomic E-state index is -0.160. The van der Waals surface area contributed by atoms with Gasteiger partial charge in [0, 0.05) is 18.7 Å². The van der Waals surface area contributed by atoms with Crippen molar-refractivity contribution in [1.82, 2.24) is 10.2 Å². The second kappa shape index (κ2) is 7.98. The van der Waals surface area contributed by atoms with E-state index in [9.17, 15) is 4.79 Å². The Balaban J connectivity index is 1.91. The van der Waals surface area contributed by atoms with Crippen molar-refractivity contribution in [2.45, 2.75) is 32.6 Å². The smallest absolute Gasteiger partial charge is 0.257 e. The van der Waals surface area contributed by atoms with Crippen LogP contribution in [0.3, 0.4) is 0 Å². The average Bonchev–Trinajstić information content (AvgIpc) is 2.77. The van der Waals surface area contributed by atoms with Gasteiger partial charge in [-0.1, -0.05) is 12.8 Å². The average molecular weight is 306 g/mol. The van der Waals surface area contributed by atoms with Crippen LogP contribution in [-0.4, -0.2) is 35.6 Å². The molecule has 1 aromatic carbocycles. The Morgan fingerprint density at radius 3 is 2.38 bits per heavy atom. The van der Waals surface area contributed by atoms with Crippen LogP contribution in [0.1, 0.15) is 43.0 Å². The molecule has 0 saturated carbocycles. The van der Waals surface area contributed by atoms with Gasteiger partial charge in [-0.2, -0.15) is 0 Å². The van der Waals surface area contributed by atoms with Crippen LogP contribution >= 0.6 is 12.2 Å². The molecule has 2 rings (SSSR count). The molecule has 4 nitrogen and oxygen atoms in total. The summed E-state index contributed by atoms with van der Waals surface area (Å²) in [6.45, 7) is 4.41. The normalized spacial score (nSPS) is 15.2. The zero-order chi connectivity index (χ0) is 15.1. The predicted octanol–water partition coefficient (Wildman–Crippen LogP) is 2.98. The minimum absolute atomic E-state index is 0.160. The maximum atomic E-state index is 12.2. The van der Waals surface area contributed by atoms with Gasteiger partial charge in [-0.25, -0.2) is 0 Å². The van der Waals surface area contributed by atoms with Crippen LogP contribution in [0.15, 0.2) is 24.3 Å². The molecule has 1 aliphatic rings. The number of carbonyl (C=O) groups excluding carboxylic acids is 1. The molecule has 1 fully saturated rings. The van der Waals surface area contributed by atoms with Crippen molar-refractivity contribution in [1.29, 1.82) is 0 Å². The van der Waals surface area contributed by atoms with E-state index in [2.05, 4.69) is 10.2 Å². The molecule has 5 heteroatoms. The summed E-state index contributed by atoms with van der Waals surface area (Å²) >= 11 is 5.35. The van der Waals surface area contributed by atoms with Gasteiger partial charge >= 0.3 is 0 Å². The van der Waals surface area contributed by atoms with E-state index in [-0.39, 0.29) is 5.91 Å². The molecule has 0 spiro atoms. The fourth-order valence-corrected chi connectivity index (χ4v) is 2.67. The summed E-state index contributed by atoms with van der Waals surface area (Å²) in [5, 5.41) is 3.36. The highest BCUT2D eigenvalue weighted by atomic mass is 32.1. The largest absolute Gasteiger partial charge is 0.494 e. The highest BCUT2D eigenvalue weighted by Gasteiger charge is 2.15. The number of nitrogens with zero attached hydrogens (tertiary/aromatic N) is 1. The van der Waals surface area contributed by atoms with Gasteiger partial charge < -0.3 is 9.64 Å². The van der Waals surface area contributed by atoms with E-state index >= 15 is 0 Å². The number of amides is 1. The summed E-state index contributed by atoms with van der Waals surface area (Å²) < 4.78 is 5.37. The lowest BCUT2D eigenvalue weighted by Crippen LogP contribution is -2.43. The first-order valence-electron chi connectivity index (χ1n) is 7.54. The van der Waals surface area contributed by atoms with E-state index in [4.69, 9.17) is 17.0 Å². The molecule has 1 aliphatic heterocycles. The van der Waals surface area contributed by atoms with Gasteiger partial charge in [0.25, 0.3) is 5.91 Å². The van der Waals surface area contributed by atoms with Crippen LogP contribution < -0.4 is 10.1 Å². The van der Waals surface area contributed by atoms with E-state index in [1.807, 2.05) is 6.92 Å². The van der Waals surface area contributed by atoms with E-state index in [1.165, 1.54) is 12.8 Å². The number of hydrogen-bond acceptors (Lipinski definition) is 3. The monoisotopic (exact) mass is 306 g/mol. The lowest BCUT2D eigenvalue weighted by Gasteiger charge is -2.23. The van der Waals surface area contributed by atoms with Crippen LogP contribution in [0.4, 0.5) is 0 Å². The summed E-state index contributed by atoms with van der Waals surface area (Å²) in [7, 11) is 0. The third-order valence-electron chi connectivity index (χ3n) is 3.54. The zero-order valence-electron chi connectivity index (χ0n) is 12.4. The van der Waals surface area contributed by atoms with E-state index in [0.717, 1.165) is 31.7 Å². The molecule has 0 unspecified atom stereocenters. The molecule has 1 aromatic rings. The summed E-state index contributed by atoms with van der Waals surface area (Å²) in [4.78, 5) is 14.3. The van der Waals surface area contributed by atoms with Crippen molar-refractivity contribution in [2.75, 3.05) is 19.7 Å². The van der Waals surface area contributed by atoms with E-state index in [1.54, 1.807) is 24.3 Å². The van der Waals surface area contributed by atoms with Crippen LogP contribution in [0.2, 0.25) is 0 Å². The molecule has 21 heavy (non-hydrogen) atoms. The molecule has 114 valence electrons. The maximum Gasteiger partial charge on any atom is 0.257 e. The van der Waals surface area contributed by atoms with Crippen LogP contribution in [0.25, 0.3) is 0 Å². The van der Waals surface area contributed by atoms with E-state index < -0.39 is 0 Å². The first-order valence-corrected chi connectivity index (χ1v) is 7.94. The number of hydrogen-bond donors (Lipinski definition) is 1. The van der Waals surface area contributed by atoms with Crippen molar-refractivity contribution < 1.29 is 9.53 Å². The molecule has 1 heterocycles. The molecule has 1 N–H and O–H groups in total. The molecule has 1 saturated heterocycles. The Kier molecular flexibility index (Phi) is 5.99. The number of benzene rings is 1. The maximum absolute atomic E-state index is 12.2. The minimum Gasteiger partial charge on any atom is -0.494 e. The van der Waals surface area contributed by atoms with Crippen LogP contribution in [0.5, 0.6) is 5.75 Å². The zero-order valence-corrected chi connectivity index (χ0v) is 13.2. The second-order valence-corrected chi connectivity index (χ2v) is 5.50. The summed E-state index contributed by atoms with van der Waals surface area (Å²) in [6.07, 6.45) is 4.76. The summed E-state index contributed by atoms with van der Waals surface area (Å²) in [5.41, 5.74) is 0.593. The number of rotatable bonds is 3. The summed E-state index contributed by atoms with van der Waals surface area (Å²) in [6, 6.07) is 7.11. The fourth-order valence-electron chi connectivity index (χ4n) is 2.39. The lowest BCUT2D eigenvalue weighted by molar-refractivity contribution is 0.0973. The van der Waals surface area contributed by atoms with Crippen molar-refractivity contribution in [3.05, 3.63) is 29.8 Å². The second-order valence-electron chi connectivity index (χ2n) is 5.12. The van der Waals surface area contributed by atoms with Crippen LogP contribution in [0, 0.1) is 0 Å². The first kappa shape index (κ1) is 15.8. The number of ether oxygens (including phenoxy) is 1. The van der Waals surface area contributed by atoms with Crippen molar-refractivity contribution in [2.24, 2.45) is 0 Å². The third kappa shape index (κ3) is 4.70. The van der Waals surface area contributed by atoms with Gasteiger partial charge in [0.15, 0.2) is 5.11 Å². The van der Waals surface area contributed by atoms with Crippen molar-refractivity contribution in [3.63, 3.8) is 0 Å².